The van der Waals surface area contributed by atoms with Gasteiger partial charge in [-0.25, -0.2) is 9.59 Å². The molecule has 0 fully saturated rings. The van der Waals surface area contributed by atoms with Gasteiger partial charge in [-0.3, -0.25) is 0 Å². The Kier molecular flexibility index (Phi) is 14.2. The minimum absolute atomic E-state index is 0.0391. The van der Waals surface area contributed by atoms with Gasteiger partial charge >= 0.3 is 11.9 Å². The van der Waals surface area contributed by atoms with Gasteiger partial charge in [0.2, 0.25) is 0 Å². The molecule has 0 spiro atoms. The van der Waals surface area contributed by atoms with Crippen molar-refractivity contribution < 1.29 is 29.3 Å². The molecule has 0 saturated carbocycles. The van der Waals surface area contributed by atoms with Crippen LogP contribution in [-0.4, -0.2) is 48.6 Å². The van der Waals surface area contributed by atoms with Crippen molar-refractivity contribution >= 4 is 11.9 Å². The molecule has 0 radical (unpaired) electrons. The van der Waals surface area contributed by atoms with E-state index in [4.69, 9.17) is 19.7 Å². The van der Waals surface area contributed by atoms with Gasteiger partial charge in [-0.1, -0.05) is 27.0 Å². The quantitative estimate of drug-likeness (QED) is 0.504. The van der Waals surface area contributed by atoms with Crippen LogP contribution < -0.4 is 0 Å². The fourth-order valence-electron chi connectivity index (χ4n) is 0.672. The molecule has 0 aliphatic carbocycles. The van der Waals surface area contributed by atoms with E-state index in [1.165, 1.54) is 0 Å². The first-order valence-electron chi connectivity index (χ1n) is 6.21. The van der Waals surface area contributed by atoms with Gasteiger partial charge in [0.25, 0.3) is 0 Å². The molecule has 0 aromatic heterocycles. The van der Waals surface area contributed by atoms with Crippen molar-refractivity contribution in [2.24, 2.45) is 11.8 Å². The molecule has 0 bridgehead atoms. The molecule has 0 atom stereocenters. The largest absolute Gasteiger partial charge is 0.462 e. The Morgan fingerprint density at radius 3 is 1.50 bits per heavy atom. The second-order valence-electron chi connectivity index (χ2n) is 4.24. The number of esters is 2. The molecule has 0 heterocycles. The maximum absolute atomic E-state index is 10.6. The lowest BCUT2D eigenvalue weighted by molar-refractivity contribution is -0.142. The van der Waals surface area contributed by atoms with Crippen molar-refractivity contribution in [3.8, 4) is 0 Å². The van der Waals surface area contributed by atoms with Crippen LogP contribution in [0.15, 0.2) is 25.3 Å². The number of aliphatic hydroxyl groups excluding tert-OH is 2. The van der Waals surface area contributed by atoms with Crippen LogP contribution in [0.1, 0.15) is 13.8 Å². The predicted octanol–water partition coefficient (Wildman–Crippen LogP) is 0.688. The molecular formula is C14H24O6. The Labute approximate surface area is 119 Å². The van der Waals surface area contributed by atoms with Crippen LogP contribution in [0.2, 0.25) is 0 Å². The number of carbonyl (C=O) groups is 2. The third-order valence-electron chi connectivity index (χ3n) is 1.98. The number of carbonyl (C=O) groups excluding carboxylic acids is 2. The van der Waals surface area contributed by atoms with Gasteiger partial charge in [0.15, 0.2) is 0 Å². The summed E-state index contributed by atoms with van der Waals surface area (Å²) in [5.41, 5.74) is 0. The second kappa shape index (κ2) is 13.8. The van der Waals surface area contributed by atoms with Crippen LogP contribution in [0.5, 0.6) is 0 Å². The minimum Gasteiger partial charge on any atom is -0.462 e. The van der Waals surface area contributed by atoms with Crippen molar-refractivity contribution in [3.63, 3.8) is 0 Å². The van der Waals surface area contributed by atoms with E-state index >= 15 is 0 Å². The standard InChI is InChI=1S/C10H14O4.C4H10O2/c1-4-9(11)13-6-8(3)7-14-10(12)5-2;1-4(2-5)3-6/h4-5,8H,1-2,6-7H2,3H3;4-6H,2-3H2,1H3. The molecule has 20 heavy (non-hydrogen) atoms. The zero-order valence-electron chi connectivity index (χ0n) is 12.1. The Morgan fingerprint density at radius 2 is 1.30 bits per heavy atom. The van der Waals surface area contributed by atoms with Crippen molar-refractivity contribution in [2.75, 3.05) is 26.4 Å². The van der Waals surface area contributed by atoms with Crippen molar-refractivity contribution in [1.29, 1.82) is 0 Å². The van der Waals surface area contributed by atoms with Crippen LogP contribution in [0.4, 0.5) is 0 Å². The van der Waals surface area contributed by atoms with E-state index < -0.39 is 11.9 Å². The van der Waals surface area contributed by atoms with Gasteiger partial charge < -0.3 is 19.7 Å². The normalized spacial score (nSPS) is 9.50. The number of hydrogen-bond acceptors (Lipinski definition) is 6. The summed E-state index contributed by atoms with van der Waals surface area (Å²) in [4.78, 5) is 21.3. The maximum Gasteiger partial charge on any atom is 0.330 e. The first-order chi connectivity index (χ1) is 9.40. The average Bonchev–Trinajstić information content (AvgIpc) is 2.49. The Balaban J connectivity index is 0. The number of hydrogen-bond donors (Lipinski definition) is 2. The molecule has 0 aromatic carbocycles. The number of aliphatic hydroxyl groups is 2. The van der Waals surface area contributed by atoms with E-state index in [2.05, 4.69) is 13.2 Å². The molecule has 0 rings (SSSR count). The first kappa shape index (κ1) is 20.7. The molecule has 6 nitrogen and oxygen atoms in total. The van der Waals surface area contributed by atoms with E-state index in [0.29, 0.717) is 0 Å². The Morgan fingerprint density at radius 1 is 0.950 bits per heavy atom. The lowest BCUT2D eigenvalue weighted by Crippen LogP contribution is -2.16. The summed E-state index contributed by atoms with van der Waals surface area (Å²) in [6, 6.07) is 0. The SMILES string of the molecule is C=CC(=O)OCC(C)COC(=O)C=C.CC(CO)CO. The Bertz CT molecular complexity index is 272. The summed E-state index contributed by atoms with van der Waals surface area (Å²) in [7, 11) is 0. The molecule has 116 valence electrons. The molecule has 0 aliphatic heterocycles. The van der Waals surface area contributed by atoms with Crippen LogP contribution in [0, 0.1) is 11.8 Å². The minimum atomic E-state index is -0.480. The Hall–Kier alpha value is -1.66. The average molecular weight is 288 g/mol. The summed E-state index contributed by atoms with van der Waals surface area (Å²) >= 11 is 0. The van der Waals surface area contributed by atoms with Crippen LogP contribution in [0.3, 0.4) is 0 Å². The molecule has 6 heteroatoms. The summed E-state index contributed by atoms with van der Waals surface area (Å²) in [6.45, 7) is 10.6. The van der Waals surface area contributed by atoms with Gasteiger partial charge in [-0.2, -0.15) is 0 Å². The third-order valence-corrected chi connectivity index (χ3v) is 1.98. The summed E-state index contributed by atoms with van der Waals surface area (Å²) in [6.07, 6.45) is 2.17. The smallest absolute Gasteiger partial charge is 0.330 e. The zero-order valence-corrected chi connectivity index (χ0v) is 12.1. The molecule has 0 saturated heterocycles. The van der Waals surface area contributed by atoms with Gasteiger partial charge in [-0.05, 0) is 0 Å². The highest BCUT2D eigenvalue weighted by Crippen LogP contribution is 1.98. The summed E-state index contributed by atoms with van der Waals surface area (Å²) < 4.78 is 9.49. The van der Waals surface area contributed by atoms with Gasteiger partial charge in [0, 0.05) is 37.2 Å². The monoisotopic (exact) mass is 288 g/mol. The lowest BCUT2D eigenvalue weighted by Gasteiger charge is -2.10. The van der Waals surface area contributed by atoms with E-state index in [0.717, 1.165) is 12.2 Å². The third kappa shape index (κ3) is 14.4. The first-order valence-corrected chi connectivity index (χ1v) is 6.21. The zero-order chi connectivity index (χ0) is 16.0. The number of ether oxygens (including phenoxy) is 2. The van der Waals surface area contributed by atoms with E-state index in [1.807, 2.05) is 0 Å². The predicted molar refractivity (Wildman–Crippen MR) is 74.8 cm³/mol. The van der Waals surface area contributed by atoms with E-state index in [9.17, 15) is 9.59 Å². The maximum atomic E-state index is 10.6. The van der Waals surface area contributed by atoms with E-state index in [-0.39, 0.29) is 38.3 Å². The molecule has 0 amide bonds. The van der Waals surface area contributed by atoms with Crippen molar-refractivity contribution in [1.82, 2.24) is 0 Å². The van der Waals surface area contributed by atoms with Gasteiger partial charge in [-0.15, -0.1) is 0 Å². The highest BCUT2D eigenvalue weighted by molar-refractivity contribution is 5.81. The molecular weight excluding hydrogens is 264 g/mol. The fraction of sp³-hybridized carbons (Fsp3) is 0.571. The number of rotatable bonds is 8. The molecule has 2 N–H and O–H groups in total. The van der Waals surface area contributed by atoms with Crippen LogP contribution >= 0.6 is 0 Å². The molecule has 0 aromatic rings. The summed E-state index contributed by atoms with van der Waals surface area (Å²) in [5.74, 6) is -0.952. The van der Waals surface area contributed by atoms with Crippen LogP contribution in [-0.2, 0) is 19.1 Å². The highest BCUT2D eigenvalue weighted by Gasteiger charge is 2.07. The van der Waals surface area contributed by atoms with Crippen LogP contribution in [0.25, 0.3) is 0 Å². The fourth-order valence-corrected chi connectivity index (χ4v) is 0.672. The summed E-state index contributed by atoms with van der Waals surface area (Å²) in [5, 5.41) is 16.3. The lowest BCUT2D eigenvalue weighted by atomic mass is 10.2. The molecule has 0 unspecified atom stereocenters. The van der Waals surface area contributed by atoms with Crippen molar-refractivity contribution in [2.45, 2.75) is 13.8 Å². The molecule has 0 aliphatic rings. The highest BCUT2D eigenvalue weighted by atomic mass is 16.5. The topological polar surface area (TPSA) is 93.1 Å². The van der Waals surface area contributed by atoms with Gasteiger partial charge in [0.1, 0.15) is 0 Å². The second-order valence-corrected chi connectivity index (χ2v) is 4.24. The van der Waals surface area contributed by atoms with E-state index in [1.54, 1.807) is 13.8 Å². The van der Waals surface area contributed by atoms with Crippen molar-refractivity contribution in [3.05, 3.63) is 25.3 Å². The van der Waals surface area contributed by atoms with Gasteiger partial charge in [0.05, 0.1) is 13.2 Å².